The van der Waals surface area contributed by atoms with Crippen molar-refractivity contribution in [2.24, 2.45) is 0 Å². The second-order valence-electron chi connectivity index (χ2n) is 6.14. The minimum atomic E-state index is -0.347. The molecule has 0 spiro atoms. The number of benzene rings is 2. The van der Waals surface area contributed by atoms with Gasteiger partial charge in [0.2, 0.25) is 5.75 Å². The van der Waals surface area contributed by atoms with E-state index >= 15 is 0 Å². The topological polar surface area (TPSA) is 90.9 Å². The van der Waals surface area contributed by atoms with E-state index in [-0.39, 0.29) is 12.6 Å². The number of rotatable bonds is 9. The third-order valence-corrected chi connectivity index (χ3v) is 4.77. The highest BCUT2D eigenvalue weighted by Gasteiger charge is 2.13. The third kappa shape index (κ3) is 5.54. The molecule has 2 aromatic carbocycles. The molecule has 0 fully saturated rings. The minimum absolute atomic E-state index is 0.280. The van der Waals surface area contributed by atoms with Crippen molar-refractivity contribution < 1.29 is 23.7 Å². The second kappa shape index (κ2) is 10.4. The first-order valence-electron chi connectivity index (χ1n) is 9.06. The Balaban J connectivity index is 1.57. The molecule has 0 saturated carbocycles. The molecule has 1 aromatic heterocycles. The fourth-order valence-corrected chi connectivity index (χ4v) is 3.27. The lowest BCUT2D eigenvalue weighted by Gasteiger charge is -2.15. The largest absolute Gasteiger partial charge is 0.493 e. The molecule has 2 amide bonds. The molecule has 30 heavy (non-hydrogen) atoms. The van der Waals surface area contributed by atoms with E-state index in [9.17, 15) is 4.79 Å². The zero-order valence-electron chi connectivity index (χ0n) is 16.9. The van der Waals surface area contributed by atoms with Crippen molar-refractivity contribution >= 4 is 23.1 Å². The van der Waals surface area contributed by atoms with Gasteiger partial charge in [-0.2, -0.15) is 0 Å². The van der Waals surface area contributed by atoms with E-state index in [1.54, 1.807) is 51.1 Å². The number of carbonyl (C=O) groups excluding carboxylic acids is 1. The Morgan fingerprint density at radius 3 is 2.47 bits per heavy atom. The molecule has 0 atom stereocenters. The molecule has 0 radical (unpaired) electrons. The molecule has 3 rings (SSSR count). The maximum atomic E-state index is 12.3. The standard InChI is InChI=1S/C21H23N3O5S/c1-26-18-7-14(8-19(27-2)20(18)28-3)10-22-21(25)24-15-5-4-6-17(9-15)29-11-16-12-30-13-23-16/h4-9,12-13H,10-11H2,1-3H3,(H2,22,24,25). The van der Waals surface area contributed by atoms with Crippen LogP contribution in [0.15, 0.2) is 47.3 Å². The van der Waals surface area contributed by atoms with Crippen LogP contribution in [-0.4, -0.2) is 32.3 Å². The van der Waals surface area contributed by atoms with E-state index in [1.807, 2.05) is 17.5 Å². The normalized spacial score (nSPS) is 10.2. The summed E-state index contributed by atoms with van der Waals surface area (Å²) < 4.78 is 21.7. The van der Waals surface area contributed by atoms with Gasteiger partial charge in [-0.3, -0.25) is 0 Å². The lowest BCUT2D eigenvalue weighted by Crippen LogP contribution is -2.28. The number of hydrogen-bond donors (Lipinski definition) is 2. The molecule has 1 heterocycles. The van der Waals surface area contributed by atoms with Gasteiger partial charge in [0.1, 0.15) is 12.4 Å². The van der Waals surface area contributed by atoms with Crippen LogP contribution in [0.25, 0.3) is 0 Å². The Labute approximate surface area is 178 Å². The predicted molar refractivity (Wildman–Crippen MR) is 115 cm³/mol. The van der Waals surface area contributed by atoms with Gasteiger partial charge >= 0.3 is 6.03 Å². The van der Waals surface area contributed by atoms with Gasteiger partial charge in [-0.15, -0.1) is 11.3 Å². The summed E-state index contributed by atoms with van der Waals surface area (Å²) in [7, 11) is 4.63. The molecule has 2 N–H and O–H groups in total. The molecule has 3 aromatic rings. The van der Waals surface area contributed by atoms with Gasteiger partial charge in [0.25, 0.3) is 0 Å². The first-order valence-corrected chi connectivity index (χ1v) is 10.0. The third-order valence-electron chi connectivity index (χ3n) is 4.14. The van der Waals surface area contributed by atoms with Crippen LogP contribution in [-0.2, 0) is 13.2 Å². The van der Waals surface area contributed by atoms with Crippen molar-refractivity contribution in [2.45, 2.75) is 13.2 Å². The highest BCUT2D eigenvalue weighted by molar-refractivity contribution is 7.07. The zero-order valence-corrected chi connectivity index (χ0v) is 17.7. The van der Waals surface area contributed by atoms with Crippen molar-refractivity contribution in [1.29, 1.82) is 0 Å². The summed E-state index contributed by atoms with van der Waals surface area (Å²) in [4.78, 5) is 16.5. The average molecular weight is 429 g/mol. The fourth-order valence-electron chi connectivity index (χ4n) is 2.72. The summed E-state index contributed by atoms with van der Waals surface area (Å²) in [6.45, 7) is 0.656. The number of urea groups is 1. The van der Waals surface area contributed by atoms with Gasteiger partial charge in [-0.05, 0) is 29.8 Å². The number of nitrogens with zero attached hydrogens (tertiary/aromatic N) is 1. The highest BCUT2D eigenvalue weighted by Crippen LogP contribution is 2.38. The minimum Gasteiger partial charge on any atom is -0.493 e. The molecule has 0 aliphatic carbocycles. The van der Waals surface area contributed by atoms with Crippen LogP contribution in [0.2, 0.25) is 0 Å². The number of nitrogens with one attached hydrogen (secondary N) is 2. The summed E-state index contributed by atoms with van der Waals surface area (Å²) in [6.07, 6.45) is 0. The number of methoxy groups -OCH3 is 3. The maximum Gasteiger partial charge on any atom is 0.319 e. The molecule has 9 heteroatoms. The molecule has 8 nitrogen and oxygen atoms in total. The Morgan fingerprint density at radius 2 is 1.83 bits per heavy atom. The monoisotopic (exact) mass is 429 g/mol. The second-order valence-corrected chi connectivity index (χ2v) is 6.86. The lowest BCUT2D eigenvalue weighted by molar-refractivity contribution is 0.251. The maximum absolute atomic E-state index is 12.3. The average Bonchev–Trinajstić information content (AvgIpc) is 3.29. The number of hydrogen-bond acceptors (Lipinski definition) is 7. The molecule has 0 saturated heterocycles. The van der Waals surface area contributed by atoms with E-state index in [0.717, 1.165) is 11.3 Å². The van der Waals surface area contributed by atoms with Crippen molar-refractivity contribution in [1.82, 2.24) is 10.3 Å². The number of anilines is 1. The van der Waals surface area contributed by atoms with Crippen molar-refractivity contribution in [2.75, 3.05) is 26.6 Å². The number of thiazole rings is 1. The number of amides is 2. The van der Waals surface area contributed by atoms with Crippen LogP contribution in [0.4, 0.5) is 10.5 Å². The van der Waals surface area contributed by atoms with E-state index in [0.29, 0.717) is 35.3 Å². The molecule has 158 valence electrons. The van der Waals surface area contributed by atoms with Crippen molar-refractivity contribution in [3.8, 4) is 23.0 Å². The van der Waals surface area contributed by atoms with E-state index in [2.05, 4.69) is 15.6 Å². The summed E-state index contributed by atoms with van der Waals surface area (Å²) in [5.74, 6) is 2.20. The van der Waals surface area contributed by atoms with Crippen LogP contribution >= 0.6 is 11.3 Å². The van der Waals surface area contributed by atoms with E-state index < -0.39 is 0 Å². The predicted octanol–water partition coefficient (Wildman–Crippen LogP) is 4.07. The number of aromatic nitrogens is 1. The summed E-state index contributed by atoms with van der Waals surface area (Å²) >= 11 is 1.52. The van der Waals surface area contributed by atoms with Gasteiger partial charge in [0.05, 0.1) is 32.5 Å². The molecule has 0 unspecified atom stereocenters. The smallest absolute Gasteiger partial charge is 0.319 e. The van der Waals surface area contributed by atoms with E-state index in [1.165, 1.54) is 11.3 Å². The number of ether oxygens (including phenoxy) is 4. The van der Waals surface area contributed by atoms with Gasteiger partial charge in [-0.25, -0.2) is 9.78 Å². The van der Waals surface area contributed by atoms with Crippen LogP contribution in [0.3, 0.4) is 0 Å². The molecule has 0 aliphatic rings. The van der Waals surface area contributed by atoms with Crippen LogP contribution < -0.4 is 29.6 Å². The zero-order chi connectivity index (χ0) is 21.3. The van der Waals surface area contributed by atoms with Gasteiger partial charge in [-0.1, -0.05) is 6.07 Å². The molecular formula is C21H23N3O5S. The molecular weight excluding hydrogens is 406 g/mol. The Morgan fingerprint density at radius 1 is 1.07 bits per heavy atom. The molecule has 0 aliphatic heterocycles. The Kier molecular flexibility index (Phi) is 7.34. The lowest BCUT2D eigenvalue weighted by atomic mass is 10.2. The number of carbonyl (C=O) groups is 1. The van der Waals surface area contributed by atoms with Crippen LogP contribution in [0.1, 0.15) is 11.3 Å². The first kappa shape index (κ1) is 21.3. The highest BCUT2D eigenvalue weighted by atomic mass is 32.1. The van der Waals surface area contributed by atoms with Crippen LogP contribution in [0, 0.1) is 0 Å². The first-order chi connectivity index (χ1) is 14.6. The van der Waals surface area contributed by atoms with Crippen molar-refractivity contribution in [3.05, 3.63) is 58.5 Å². The SMILES string of the molecule is COc1cc(CNC(=O)Nc2cccc(OCc3cscn3)c2)cc(OC)c1OC. The van der Waals surface area contributed by atoms with Gasteiger partial charge < -0.3 is 29.6 Å². The summed E-state index contributed by atoms with van der Waals surface area (Å²) in [6, 6.07) is 10.4. The van der Waals surface area contributed by atoms with Crippen molar-refractivity contribution in [3.63, 3.8) is 0 Å². The van der Waals surface area contributed by atoms with E-state index in [4.69, 9.17) is 18.9 Å². The quantitative estimate of drug-likeness (QED) is 0.533. The Bertz CT molecular complexity index is 954. The van der Waals surface area contributed by atoms with Gasteiger partial charge in [0.15, 0.2) is 11.5 Å². The van der Waals surface area contributed by atoms with Crippen LogP contribution in [0.5, 0.6) is 23.0 Å². The molecule has 0 bridgehead atoms. The summed E-state index contributed by atoms with van der Waals surface area (Å²) in [5.41, 5.74) is 4.05. The summed E-state index contributed by atoms with van der Waals surface area (Å²) in [5, 5.41) is 7.53. The Hall–Kier alpha value is -3.46. The fraction of sp³-hybridized carbons (Fsp3) is 0.238. The van der Waals surface area contributed by atoms with Gasteiger partial charge in [0, 0.05) is 23.7 Å².